The van der Waals surface area contributed by atoms with Crippen LogP contribution in [0, 0.1) is 17.1 Å². The van der Waals surface area contributed by atoms with Gasteiger partial charge in [0.25, 0.3) is 0 Å². The Morgan fingerprint density at radius 1 is 1.27 bits per heavy atom. The highest BCUT2D eigenvalue weighted by molar-refractivity contribution is 5.69. The molecule has 1 heterocycles. The highest BCUT2D eigenvalue weighted by Crippen LogP contribution is 2.23. The first-order valence-electron chi connectivity index (χ1n) is 7.23. The van der Waals surface area contributed by atoms with Gasteiger partial charge in [0.1, 0.15) is 17.5 Å². The number of hydrogen-bond acceptors (Lipinski definition) is 4. The molecule has 0 radical (unpaired) electrons. The first-order valence-corrected chi connectivity index (χ1v) is 7.23. The molecule has 1 saturated heterocycles. The topological polar surface area (TPSA) is 56.6 Å². The Labute approximate surface area is 129 Å². The lowest BCUT2D eigenvalue weighted by Crippen LogP contribution is -2.50. The molecule has 0 atom stereocenters. The Balaban J connectivity index is 2.02. The van der Waals surface area contributed by atoms with Crippen LogP contribution in [0.3, 0.4) is 0 Å². The summed E-state index contributed by atoms with van der Waals surface area (Å²) in [5, 5.41) is 9.12. The van der Waals surface area contributed by atoms with E-state index in [1.54, 1.807) is 4.90 Å². The summed E-state index contributed by atoms with van der Waals surface area (Å²) in [5.74, 6) is -0.372. The van der Waals surface area contributed by atoms with Gasteiger partial charge in [-0.2, -0.15) is 5.26 Å². The summed E-state index contributed by atoms with van der Waals surface area (Å²) in [5.41, 5.74) is 0.489. The zero-order valence-corrected chi connectivity index (χ0v) is 13.1. The van der Waals surface area contributed by atoms with Crippen LogP contribution in [-0.2, 0) is 4.74 Å². The van der Waals surface area contributed by atoms with Gasteiger partial charge >= 0.3 is 6.09 Å². The molecular weight excluding hydrogens is 285 g/mol. The largest absolute Gasteiger partial charge is 0.444 e. The monoisotopic (exact) mass is 305 g/mol. The van der Waals surface area contributed by atoms with E-state index in [9.17, 15) is 9.18 Å². The Kier molecular flexibility index (Phi) is 4.55. The number of halogens is 1. The third kappa shape index (κ3) is 3.88. The number of carbonyl (C=O) groups is 1. The number of piperazine rings is 1. The average molecular weight is 305 g/mol. The van der Waals surface area contributed by atoms with Crippen LogP contribution in [0.4, 0.5) is 14.9 Å². The molecule has 1 aromatic carbocycles. The van der Waals surface area contributed by atoms with E-state index in [1.807, 2.05) is 25.7 Å². The van der Waals surface area contributed by atoms with Gasteiger partial charge in [0.05, 0.1) is 11.3 Å². The number of benzene rings is 1. The Bertz CT molecular complexity index is 596. The number of amides is 1. The van der Waals surface area contributed by atoms with E-state index < -0.39 is 5.60 Å². The minimum absolute atomic E-state index is 0.341. The number of nitriles is 1. The summed E-state index contributed by atoms with van der Waals surface area (Å²) in [6, 6.07) is 6.19. The Morgan fingerprint density at radius 3 is 2.45 bits per heavy atom. The zero-order chi connectivity index (χ0) is 16.3. The van der Waals surface area contributed by atoms with Crippen molar-refractivity contribution >= 4 is 11.8 Å². The fourth-order valence-corrected chi connectivity index (χ4v) is 2.32. The molecule has 118 valence electrons. The lowest BCUT2D eigenvalue weighted by molar-refractivity contribution is 0.0240. The summed E-state index contributed by atoms with van der Waals surface area (Å²) in [7, 11) is 0. The van der Waals surface area contributed by atoms with Crippen molar-refractivity contribution in [3.05, 3.63) is 29.6 Å². The Hall–Kier alpha value is -2.29. The van der Waals surface area contributed by atoms with E-state index in [2.05, 4.69) is 6.07 Å². The fourth-order valence-electron chi connectivity index (χ4n) is 2.32. The number of carbonyl (C=O) groups excluding carboxylic acids is 1. The van der Waals surface area contributed by atoms with Crippen molar-refractivity contribution in [1.82, 2.24) is 4.90 Å². The normalized spacial score (nSPS) is 15.4. The van der Waals surface area contributed by atoms with E-state index in [0.717, 1.165) is 0 Å². The van der Waals surface area contributed by atoms with Crippen molar-refractivity contribution in [2.75, 3.05) is 31.1 Å². The molecule has 1 fully saturated rings. The summed E-state index contributed by atoms with van der Waals surface area (Å²) in [6.45, 7) is 7.52. The molecule has 22 heavy (non-hydrogen) atoms. The molecule has 0 bridgehead atoms. The van der Waals surface area contributed by atoms with Crippen LogP contribution in [0.2, 0.25) is 0 Å². The fraction of sp³-hybridized carbons (Fsp3) is 0.500. The van der Waals surface area contributed by atoms with Crippen molar-refractivity contribution in [3.63, 3.8) is 0 Å². The zero-order valence-electron chi connectivity index (χ0n) is 13.1. The van der Waals surface area contributed by atoms with Gasteiger partial charge in [-0.05, 0) is 39.0 Å². The van der Waals surface area contributed by atoms with E-state index in [1.165, 1.54) is 18.2 Å². The second-order valence-corrected chi connectivity index (χ2v) is 6.23. The van der Waals surface area contributed by atoms with E-state index in [-0.39, 0.29) is 11.9 Å². The van der Waals surface area contributed by atoms with Crippen molar-refractivity contribution < 1.29 is 13.9 Å². The van der Waals surface area contributed by atoms with Crippen LogP contribution in [-0.4, -0.2) is 42.8 Å². The maximum atomic E-state index is 13.4. The van der Waals surface area contributed by atoms with E-state index in [0.29, 0.717) is 37.4 Å². The third-order valence-corrected chi connectivity index (χ3v) is 3.35. The lowest BCUT2D eigenvalue weighted by Gasteiger charge is -2.37. The second kappa shape index (κ2) is 6.22. The van der Waals surface area contributed by atoms with Gasteiger partial charge in [-0.25, -0.2) is 9.18 Å². The highest BCUT2D eigenvalue weighted by atomic mass is 19.1. The lowest BCUT2D eigenvalue weighted by atomic mass is 10.1. The number of anilines is 1. The van der Waals surface area contributed by atoms with Gasteiger partial charge in [0, 0.05) is 26.2 Å². The molecule has 0 aliphatic carbocycles. The Morgan fingerprint density at radius 2 is 1.91 bits per heavy atom. The predicted molar refractivity (Wildman–Crippen MR) is 81.1 cm³/mol. The summed E-state index contributed by atoms with van der Waals surface area (Å²) in [4.78, 5) is 15.6. The van der Waals surface area contributed by atoms with Crippen LogP contribution in [0.15, 0.2) is 18.2 Å². The molecule has 1 aromatic rings. The van der Waals surface area contributed by atoms with Crippen LogP contribution >= 0.6 is 0 Å². The van der Waals surface area contributed by atoms with Gasteiger partial charge in [-0.3, -0.25) is 0 Å². The smallest absolute Gasteiger partial charge is 0.410 e. The molecule has 2 rings (SSSR count). The molecule has 0 saturated carbocycles. The van der Waals surface area contributed by atoms with Gasteiger partial charge in [0.2, 0.25) is 0 Å². The quantitative estimate of drug-likeness (QED) is 0.800. The molecule has 1 amide bonds. The molecule has 1 aliphatic heterocycles. The predicted octanol–water partition coefficient (Wildman–Crippen LogP) is 2.75. The average Bonchev–Trinajstić information content (AvgIpc) is 2.45. The number of hydrogen-bond donors (Lipinski definition) is 0. The molecule has 0 unspecified atom stereocenters. The van der Waals surface area contributed by atoms with Gasteiger partial charge < -0.3 is 14.5 Å². The number of rotatable bonds is 1. The SMILES string of the molecule is CC(C)(C)OC(=O)N1CCN(c2cc(F)ccc2C#N)CC1. The summed E-state index contributed by atoms with van der Waals surface area (Å²) in [6.07, 6.45) is -0.341. The van der Waals surface area contributed by atoms with Crippen LogP contribution in [0.5, 0.6) is 0 Å². The van der Waals surface area contributed by atoms with Gasteiger partial charge in [-0.1, -0.05) is 0 Å². The van der Waals surface area contributed by atoms with Crippen molar-refractivity contribution in [3.8, 4) is 6.07 Å². The standard InChI is InChI=1S/C16H20FN3O2/c1-16(2,3)22-15(21)20-8-6-19(7-9-20)14-10-13(17)5-4-12(14)11-18/h4-5,10H,6-9H2,1-3H3. The molecule has 6 heteroatoms. The van der Waals surface area contributed by atoms with Crippen molar-refractivity contribution in [2.24, 2.45) is 0 Å². The number of nitrogens with zero attached hydrogens (tertiary/aromatic N) is 3. The molecule has 0 N–H and O–H groups in total. The minimum atomic E-state index is -0.523. The van der Waals surface area contributed by atoms with Gasteiger partial charge in [-0.15, -0.1) is 0 Å². The minimum Gasteiger partial charge on any atom is -0.444 e. The number of ether oxygens (including phenoxy) is 1. The summed E-state index contributed by atoms with van der Waals surface area (Å²) < 4.78 is 18.7. The van der Waals surface area contributed by atoms with Crippen LogP contribution in [0.1, 0.15) is 26.3 Å². The highest BCUT2D eigenvalue weighted by Gasteiger charge is 2.26. The first kappa shape index (κ1) is 16.1. The van der Waals surface area contributed by atoms with Crippen molar-refractivity contribution in [1.29, 1.82) is 5.26 Å². The summed E-state index contributed by atoms with van der Waals surface area (Å²) >= 11 is 0. The molecule has 5 nitrogen and oxygen atoms in total. The molecular formula is C16H20FN3O2. The molecule has 0 aromatic heterocycles. The second-order valence-electron chi connectivity index (χ2n) is 6.23. The van der Waals surface area contributed by atoms with Crippen LogP contribution in [0.25, 0.3) is 0 Å². The van der Waals surface area contributed by atoms with Crippen LogP contribution < -0.4 is 4.90 Å². The maximum absolute atomic E-state index is 13.4. The van der Waals surface area contributed by atoms with Crippen molar-refractivity contribution in [2.45, 2.75) is 26.4 Å². The van der Waals surface area contributed by atoms with E-state index >= 15 is 0 Å². The maximum Gasteiger partial charge on any atom is 0.410 e. The van der Waals surface area contributed by atoms with Gasteiger partial charge in [0.15, 0.2) is 0 Å². The molecule has 0 spiro atoms. The van der Waals surface area contributed by atoms with E-state index in [4.69, 9.17) is 10.00 Å². The first-order chi connectivity index (χ1) is 10.3. The molecule has 1 aliphatic rings. The third-order valence-electron chi connectivity index (χ3n) is 3.35.